The fourth-order valence-electron chi connectivity index (χ4n) is 6.46. The van der Waals surface area contributed by atoms with Crippen LogP contribution in [0.15, 0.2) is 47.4 Å². The number of ether oxygens (including phenoxy) is 1. The predicted molar refractivity (Wildman–Crippen MR) is 192 cm³/mol. The highest BCUT2D eigenvalue weighted by Gasteiger charge is 2.57. The summed E-state index contributed by atoms with van der Waals surface area (Å²) in [5.41, 5.74) is -0.377. The average Bonchev–Trinajstić information content (AvgIpc) is 4.02. The van der Waals surface area contributed by atoms with Crippen LogP contribution in [0.25, 0.3) is 0 Å². The van der Waals surface area contributed by atoms with E-state index in [-0.39, 0.29) is 34.2 Å². The van der Waals surface area contributed by atoms with Gasteiger partial charge >= 0.3 is 12.1 Å². The van der Waals surface area contributed by atoms with Crippen LogP contribution in [0.1, 0.15) is 96.0 Å². The third kappa shape index (κ3) is 11.0. The highest BCUT2D eigenvalue weighted by Crippen LogP contribution is 2.51. The first-order valence-electron chi connectivity index (χ1n) is 17.8. The molecule has 2 aromatic carbocycles. The highest BCUT2D eigenvalue weighted by molar-refractivity contribution is 7.92. The van der Waals surface area contributed by atoms with Gasteiger partial charge in [-0.05, 0) is 74.9 Å². The number of likely N-dealkylation sites (tertiary alicyclic amines) is 1. The first-order chi connectivity index (χ1) is 24.6. The standard InChI is InChI=1S/C23H20Cl2F3NO6S.C14H26N2/c24-14-3-1-13(2-4-14)22(7-8-22)21(32)29-11-16(10-18(29)20(30)31)36(33,34)19-6-5-15(9-17(19)25)35-12-23(26,27)28;1-2-3-4-5-6-7-8-9-12-16-14(13-15)10-11-14/h1-6,9,16,18H,7-8,10-12H2,(H,30,31);16H,2-12H2,1H3/t16-,18+;/m1./s1. The predicted octanol–water partition coefficient (Wildman–Crippen LogP) is 8.27. The molecule has 286 valence electrons. The summed E-state index contributed by atoms with van der Waals surface area (Å²) in [5.74, 6) is -2.09. The number of carbonyl (C=O) groups excluding carboxylic acids is 1. The molecular formula is C37H46Cl2F3N3O6S. The summed E-state index contributed by atoms with van der Waals surface area (Å²) >= 11 is 12.0. The van der Waals surface area contributed by atoms with E-state index in [2.05, 4.69) is 23.0 Å². The number of nitriles is 1. The Bertz CT molecular complexity index is 1690. The lowest BCUT2D eigenvalue weighted by molar-refractivity contribution is -0.153. The van der Waals surface area contributed by atoms with Crippen molar-refractivity contribution in [3.8, 4) is 11.8 Å². The number of hydrogen-bond acceptors (Lipinski definition) is 7. The highest BCUT2D eigenvalue weighted by atomic mass is 35.5. The van der Waals surface area contributed by atoms with Gasteiger partial charge in [-0.1, -0.05) is 87.2 Å². The molecule has 2 saturated carbocycles. The van der Waals surface area contributed by atoms with Crippen molar-refractivity contribution in [3.63, 3.8) is 0 Å². The number of nitrogens with zero attached hydrogens (tertiary/aromatic N) is 2. The summed E-state index contributed by atoms with van der Waals surface area (Å²) < 4.78 is 68.5. The minimum absolute atomic E-state index is 0.110. The van der Waals surface area contributed by atoms with Crippen LogP contribution < -0.4 is 10.1 Å². The molecule has 1 saturated heterocycles. The van der Waals surface area contributed by atoms with Crippen molar-refractivity contribution in [2.24, 2.45) is 0 Å². The topological polar surface area (TPSA) is 137 Å². The van der Waals surface area contributed by atoms with Crippen molar-refractivity contribution in [3.05, 3.63) is 58.1 Å². The number of sulfone groups is 1. The van der Waals surface area contributed by atoms with Gasteiger partial charge in [0.25, 0.3) is 0 Å². The lowest BCUT2D eigenvalue weighted by Gasteiger charge is -2.27. The van der Waals surface area contributed by atoms with E-state index in [1.165, 1.54) is 51.4 Å². The Balaban J connectivity index is 0.000000317. The van der Waals surface area contributed by atoms with Gasteiger partial charge in [0.2, 0.25) is 5.91 Å². The fourth-order valence-corrected chi connectivity index (χ4v) is 8.82. The first-order valence-corrected chi connectivity index (χ1v) is 20.1. The Hall–Kier alpha value is -3.05. The number of carboxylic acids is 1. The molecule has 2 aromatic rings. The Labute approximate surface area is 313 Å². The van der Waals surface area contributed by atoms with Crippen molar-refractivity contribution < 1.29 is 41.0 Å². The number of carbonyl (C=O) groups is 2. The molecule has 9 nitrogen and oxygen atoms in total. The average molecular weight is 789 g/mol. The summed E-state index contributed by atoms with van der Waals surface area (Å²) in [4.78, 5) is 26.2. The molecule has 2 atom stereocenters. The second-order valence-electron chi connectivity index (χ2n) is 13.9. The zero-order valence-corrected chi connectivity index (χ0v) is 31.5. The van der Waals surface area contributed by atoms with Gasteiger partial charge in [-0.15, -0.1) is 0 Å². The Morgan fingerprint density at radius 2 is 1.62 bits per heavy atom. The SMILES string of the molecule is CCCCCCCCCCNC1(C#N)CC1.O=C(O)[C@@H]1C[C@@H](S(=O)(=O)c2ccc(OCC(F)(F)F)cc2Cl)CN1C(=O)C1(c2ccc(Cl)cc2)CC1. The molecular weight excluding hydrogens is 742 g/mol. The van der Waals surface area contributed by atoms with Crippen LogP contribution in [0.2, 0.25) is 10.0 Å². The van der Waals surface area contributed by atoms with E-state index in [1.54, 1.807) is 24.3 Å². The summed E-state index contributed by atoms with van der Waals surface area (Å²) in [7, 11) is -4.24. The van der Waals surface area contributed by atoms with Gasteiger partial charge < -0.3 is 14.7 Å². The van der Waals surface area contributed by atoms with Gasteiger partial charge in [0.15, 0.2) is 16.4 Å². The van der Waals surface area contributed by atoms with Crippen LogP contribution in [-0.2, 0) is 24.8 Å². The third-order valence-corrected chi connectivity index (χ3v) is 12.7. The van der Waals surface area contributed by atoms with Crippen LogP contribution in [0.4, 0.5) is 13.2 Å². The number of benzene rings is 2. The zero-order chi connectivity index (χ0) is 38.2. The monoisotopic (exact) mass is 787 g/mol. The maximum Gasteiger partial charge on any atom is 0.422 e. The van der Waals surface area contributed by atoms with Crippen LogP contribution in [0, 0.1) is 11.3 Å². The van der Waals surface area contributed by atoms with E-state index < -0.39 is 51.2 Å². The molecule has 2 aliphatic carbocycles. The minimum atomic E-state index is -4.59. The van der Waals surface area contributed by atoms with Gasteiger partial charge in [0.1, 0.15) is 17.3 Å². The van der Waals surface area contributed by atoms with E-state index in [9.17, 15) is 36.3 Å². The van der Waals surface area contributed by atoms with Gasteiger partial charge in [0.05, 0.1) is 26.7 Å². The molecule has 1 aliphatic heterocycles. The maximum absolute atomic E-state index is 13.5. The number of halogens is 5. The molecule has 1 amide bonds. The van der Waals surface area contributed by atoms with Crippen molar-refractivity contribution in [2.75, 3.05) is 19.7 Å². The van der Waals surface area contributed by atoms with Crippen LogP contribution in [-0.4, -0.2) is 73.0 Å². The molecule has 5 rings (SSSR count). The normalized spacial score (nSPS) is 20.0. The van der Waals surface area contributed by atoms with Crippen molar-refractivity contribution in [1.82, 2.24) is 10.2 Å². The number of aliphatic carboxylic acids is 1. The lowest BCUT2D eigenvalue weighted by atomic mass is 9.94. The van der Waals surface area contributed by atoms with E-state index >= 15 is 0 Å². The number of rotatable bonds is 17. The molecule has 15 heteroatoms. The quantitative estimate of drug-likeness (QED) is 0.153. The zero-order valence-electron chi connectivity index (χ0n) is 29.2. The molecule has 3 aliphatic rings. The first kappa shape index (κ1) is 41.7. The summed E-state index contributed by atoms with van der Waals surface area (Å²) in [5, 5.41) is 20.8. The number of nitrogens with one attached hydrogen (secondary N) is 1. The van der Waals surface area contributed by atoms with Crippen LogP contribution >= 0.6 is 23.2 Å². The molecule has 0 aromatic heterocycles. The number of carboxylic acid groups (broad SMARTS) is 1. The molecule has 3 fully saturated rings. The molecule has 2 N–H and O–H groups in total. The Kier molecular flexibility index (Phi) is 14.3. The van der Waals surface area contributed by atoms with Crippen LogP contribution in [0.5, 0.6) is 5.75 Å². The molecule has 0 bridgehead atoms. The fraction of sp³-hybridized carbons (Fsp3) is 0.595. The van der Waals surface area contributed by atoms with E-state index in [0.29, 0.717) is 23.4 Å². The van der Waals surface area contributed by atoms with Gasteiger partial charge in [-0.3, -0.25) is 10.1 Å². The van der Waals surface area contributed by atoms with Crippen molar-refractivity contribution in [1.29, 1.82) is 5.26 Å². The maximum atomic E-state index is 13.5. The molecule has 52 heavy (non-hydrogen) atoms. The molecule has 0 radical (unpaired) electrons. The second-order valence-corrected chi connectivity index (χ2v) is 16.9. The van der Waals surface area contributed by atoms with Crippen LogP contribution in [0.3, 0.4) is 0 Å². The van der Waals surface area contributed by atoms with Gasteiger partial charge in [-0.25, -0.2) is 13.2 Å². The van der Waals surface area contributed by atoms with Crippen molar-refractivity contribution in [2.45, 2.75) is 124 Å². The number of alkyl halides is 3. The second kappa shape index (κ2) is 17.9. The summed E-state index contributed by atoms with van der Waals surface area (Å²) in [6.07, 6.45) is 8.99. The van der Waals surface area contributed by atoms with Gasteiger partial charge in [0, 0.05) is 17.6 Å². The summed E-state index contributed by atoms with van der Waals surface area (Å²) in [6.45, 7) is 1.35. The lowest BCUT2D eigenvalue weighted by Crippen LogP contribution is -2.46. The van der Waals surface area contributed by atoms with E-state index in [0.717, 1.165) is 42.5 Å². The van der Waals surface area contributed by atoms with Gasteiger partial charge in [-0.2, -0.15) is 18.4 Å². The third-order valence-electron chi connectivity index (χ3n) is 9.87. The number of amides is 1. The minimum Gasteiger partial charge on any atom is -0.484 e. The number of unbranched alkanes of at least 4 members (excludes halogenated alkanes) is 7. The largest absolute Gasteiger partial charge is 0.484 e. The van der Waals surface area contributed by atoms with E-state index in [4.69, 9.17) is 28.5 Å². The molecule has 1 heterocycles. The molecule has 0 unspecified atom stereocenters. The smallest absolute Gasteiger partial charge is 0.422 e. The molecule has 0 spiro atoms. The Morgan fingerprint density at radius 3 is 2.13 bits per heavy atom. The van der Waals surface area contributed by atoms with E-state index in [1.807, 2.05) is 0 Å². The number of hydrogen-bond donors (Lipinski definition) is 2. The Morgan fingerprint density at radius 1 is 1.00 bits per heavy atom. The van der Waals surface area contributed by atoms with Crippen molar-refractivity contribution >= 4 is 44.9 Å². The summed E-state index contributed by atoms with van der Waals surface area (Å²) in [6, 6.07) is 10.6.